The molecule has 0 heterocycles. The Balaban J connectivity index is 1.64. The van der Waals surface area contributed by atoms with Crippen molar-refractivity contribution >= 4 is 23.5 Å². The molecule has 0 atom stereocenters. The molecule has 0 aromatic heterocycles. The van der Waals surface area contributed by atoms with E-state index in [9.17, 15) is 9.59 Å². The zero-order valence-corrected chi connectivity index (χ0v) is 17.3. The predicted octanol–water partition coefficient (Wildman–Crippen LogP) is 4.90. The Bertz CT molecular complexity index is 1050. The Morgan fingerprint density at radius 1 is 1.03 bits per heavy atom. The number of amides is 1. The molecule has 0 saturated carbocycles. The molecule has 0 bridgehead atoms. The summed E-state index contributed by atoms with van der Waals surface area (Å²) in [4.78, 5) is 23.6. The van der Waals surface area contributed by atoms with Crippen molar-refractivity contribution in [1.29, 1.82) is 0 Å². The van der Waals surface area contributed by atoms with E-state index in [1.54, 1.807) is 30.3 Å². The van der Waals surface area contributed by atoms with Gasteiger partial charge in [0.15, 0.2) is 0 Å². The van der Waals surface area contributed by atoms with Gasteiger partial charge in [0.25, 0.3) is 5.91 Å². The van der Waals surface area contributed by atoms with E-state index in [0.717, 1.165) is 12.0 Å². The monoisotopic (exact) mass is 423 g/mol. The number of carbonyl (C=O) groups excluding carboxylic acids is 1. The van der Waals surface area contributed by atoms with Crippen LogP contribution in [0.5, 0.6) is 5.75 Å². The van der Waals surface area contributed by atoms with Gasteiger partial charge in [0.05, 0.1) is 17.7 Å². The fourth-order valence-electron chi connectivity index (χ4n) is 3.01. The number of aromatic carboxylic acids is 1. The Morgan fingerprint density at radius 2 is 1.77 bits per heavy atom. The largest absolute Gasteiger partial charge is 0.492 e. The fourth-order valence-corrected chi connectivity index (χ4v) is 3.18. The number of hydrogen-bond donors (Lipinski definition) is 2. The van der Waals surface area contributed by atoms with Gasteiger partial charge in [-0.2, -0.15) is 0 Å². The Morgan fingerprint density at radius 3 is 2.47 bits per heavy atom. The molecule has 1 amide bonds. The van der Waals surface area contributed by atoms with Gasteiger partial charge in [-0.1, -0.05) is 48.0 Å². The second-order valence-corrected chi connectivity index (χ2v) is 7.29. The molecule has 154 valence electrons. The molecule has 3 aromatic rings. The molecule has 6 heteroatoms. The summed E-state index contributed by atoms with van der Waals surface area (Å²) in [5.41, 5.74) is 3.74. The first-order valence-electron chi connectivity index (χ1n) is 9.51. The maximum Gasteiger partial charge on any atom is 0.335 e. The number of carboxylic acids is 1. The van der Waals surface area contributed by atoms with E-state index in [-0.39, 0.29) is 18.0 Å². The summed E-state index contributed by atoms with van der Waals surface area (Å²) in [6, 6.07) is 19.4. The van der Waals surface area contributed by atoms with Crippen LogP contribution in [0.2, 0.25) is 5.02 Å². The maximum absolute atomic E-state index is 12.7. The third kappa shape index (κ3) is 5.61. The smallest absolute Gasteiger partial charge is 0.335 e. The molecule has 0 saturated heterocycles. The van der Waals surface area contributed by atoms with Gasteiger partial charge >= 0.3 is 5.97 Å². The highest BCUT2D eigenvalue weighted by molar-refractivity contribution is 6.31. The van der Waals surface area contributed by atoms with Crippen molar-refractivity contribution in [2.24, 2.45) is 0 Å². The number of ether oxygens (including phenoxy) is 1. The number of nitrogens with one attached hydrogen (secondary N) is 1. The summed E-state index contributed by atoms with van der Waals surface area (Å²) in [6.07, 6.45) is 0.728. The lowest BCUT2D eigenvalue weighted by atomic mass is 10.1. The molecule has 0 aliphatic rings. The van der Waals surface area contributed by atoms with Crippen molar-refractivity contribution in [2.75, 3.05) is 6.61 Å². The van der Waals surface area contributed by atoms with E-state index in [4.69, 9.17) is 21.4 Å². The third-order valence-electron chi connectivity index (χ3n) is 4.73. The van der Waals surface area contributed by atoms with Crippen molar-refractivity contribution < 1.29 is 19.4 Å². The minimum absolute atomic E-state index is 0.198. The van der Waals surface area contributed by atoms with Gasteiger partial charge in [-0.3, -0.25) is 4.79 Å². The molecular formula is C24H22ClNO4. The Labute approximate surface area is 180 Å². The quantitative estimate of drug-likeness (QED) is 0.540. The van der Waals surface area contributed by atoms with E-state index in [1.165, 1.54) is 23.3 Å². The SMILES string of the molecule is Cc1ccccc1CCOc1ccc(Cl)cc1C(=O)NCc1ccc(C(=O)O)cc1. The van der Waals surface area contributed by atoms with Crippen LogP contribution in [0, 0.1) is 6.92 Å². The standard InChI is InChI=1S/C24H22ClNO4/c1-16-4-2-3-5-18(16)12-13-30-22-11-10-20(25)14-21(22)23(27)26-15-17-6-8-19(9-7-17)24(28)29/h2-11,14H,12-13,15H2,1H3,(H,26,27)(H,28,29). The van der Waals surface area contributed by atoms with Gasteiger partial charge in [0, 0.05) is 18.0 Å². The van der Waals surface area contributed by atoms with Crippen LogP contribution < -0.4 is 10.1 Å². The average molecular weight is 424 g/mol. The number of benzene rings is 3. The van der Waals surface area contributed by atoms with Crippen molar-refractivity contribution in [2.45, 2.75) is 19.9 Å². The van der Waals surface area contributed by atoms with Crippen LogP contribution in [-0.4, -0.2) is 23.6 Å². The highest BCUT2D eigenvalue weighted by Crippen LogP contribution is 2.23. The Hall–Kier alpha value is -3.31. The lowest BCUT2D eigenvalue weighted by Gasteiger charge is -2.13. The molecule has 3 aromatic carbocycles. The Kier molecular flexibility index (Phi) is 7.09. The highest BCUT2D eigenvalue weighted by Gasteiger charge is 2.14. The zero-order chi connectivity index (χ0) is 21.5. The fraction of sp³-hybridized carbons (Fsp3) is 0.167. The van der Waals surface area contributed by atoms with Crippen LogP contribution in [0.3, 0.4) is 0 Å². The molecule has 0 aliphatic carbocycles. The zero-order valence-electron chi connectivity index (χ0n) is 16.5. The molecule has 0 spiro atoms. The van der Waals surface area contributed by atoms with E-state index < -0.39 is 5.97 Å². The molecule has 0 radical (unpaired) electrons. The lowest BCUT2D eigenvalue weighted by molar-refractivity contribution is 0.0696. The molecule has 0 unspecified atom stereocenters. The average Bonchev–Trinajstić information content (AvgIpc) is 2.74. The maximum atomic E-state index is 12.7. The molecule has 5 nitrogen and oxygen atoms in total. The number of carboxylic acid groups (broad SMARTS) is 1. The van der Waals surface area contributed by atoms with Crippen molar-refractivity contribution in [3.63, 3.8) is 0 Å². The molecule has 30 heavy (non-hydrogen) atoms. The highest BCUT2D eigenvalue weighted by atomic mass is 35.5. The second kappa shape index (κ2) is 9.94. The summed E-state index contributed by atoms with van der Waals surface area (Å²) in [6.45, 7) is 2.75. The van der Waals surface area contributed by atoms with Crippen LogP contribution in [0.1, 0.15) is 37.4 Å². The number of rotatable bonds is 8. The summed E-state index contributed by atoms with van der Waals surface area (Å²) in [5.74, 6) is -0.839. The molecule has 2 N–H and O–H groups in total. The van der Waals surface area contributed by atoms with Crippen LogP contribution in [0.15, 0.2) is 66.7 Å². The number of hydrogen-bond acceptors (Lipinski definition) is 3. The summed E-state index contributed by atoms with van der Waals surface area (Å²) in [7, 11) is 0. The van der Waals surface area contributed by atoms with Crippen molar-refractivity contribution in [1.82, 2.24) is 5.32 Å². The van der Waals surface area contributed by atoms with Crippen LogP contribution in [0.25, 0.3) is 0 Å². The first kappa shape index (κ1) is 21.4. The summed E-state index contributed by atoms with van der Waals surface area (Å²) in [5, 5.41) is 12.2. The number of aryl methyl sites for hydroxylation is 1. The number of halogens is 1. The van der Waals surface area contributed by atoms with Crippen molar-refractivity contribution in [3.05, 3.63) is 99.6 Å². The van der Waals surface area contributed by atoms with E-state index >= 15 is 0 Å². The number of carbonyl (C=O) groups is 2. The molecule has 3 rings (SSSR count). The van der Waals surface area contributed by atoms with Gasteiger partial charge in [-0.15, -0.1) is 0 Å². The first-order valence-corrected chi connectivity index (χ1v) is 9.89. The lowest BCUT2D eigenvalue weighted by Crippen LogP contribution is -2.23. The normalized spacial score (nSPS) is 10.5. The van der Waals surface area contributed by atoms with Gasteiger partial charge in [0.1, 0.15) is 5.75 Å². The predicted molar refractivity (Wildman–Crippen MR) is 116 cm³/mol. The molecular weight excluding hydrogens is 402 g/mol. The van der Waals surface area contributed by atoms with Gasteiger partial charge in [-0.25, -0.2) is 4.79 Å². The van der Waals surface area contributed by atoms with Gasteiger partial charge in [0.2, 0.25) is 0 Å². The van der Waals surface area contributed by atoms with Crippen LogP contribution in [0.4, 0.5) is 0 Å². The second-order valence-electron chi connectivity index (χ2n) is 6.85. The van der Waals surface area contributed by atoms with Gasteiger partial charge in [-0.05, 0) is 53.9 Å². The summed E-state index contributed by atoms with van der Waals surface area (Å²) >= 11 is 6.08. The van der Waals surface area contributed by atoms with E-state index in [1.807, 2.05) is 12.1 Å². The minimum Gasteiger partial charge on any atom is -0.492 e. The van der Waals surface area contributed by atoms with Crippen LogP contribution in [-0.2, 0) is 13.0 Å². The van der Waals surface area contributed by atoms with Crippen LogP contribution >= 0.6 is 11.6 Å². The first-order chi connectivity index (χ1) is 14.4. The molecule has 0 fully saturated rings. The minimum atomic E-state index is -0.989. The molecule has 0 aliphatic heterocycles. The topological polar surface area (TPSA) is 75.6 Å². The van der Waals surface area contributed by atoms with Crippen molar-refractivity contribution in [3.8, 4) is 5.75 Å². The van der Waals surface area contributed by atoms with E-state index in [0.29, 0.717) is 22.9 Å². The third-order valence-corrected chi connectivity index (χ3v) is 4.97. The summed E-state index contributed by atoms with van der Waals surface area (Å²) < 4.78 is 5.88. The van der Waals surface area contributed by atoms with E-state index in [2.05, 4.69) is 24.4 Å². The van der Waals surface area contributed by atoms with Gasteiger partial charge < -0.3 is 15.2 Å².